The monoisotopic (exact) mass is 339 g/mol. The largest absolute Gasteiger partial charge is 0.481 e. The SMILES string of the molecule is O=C(O)Cc1ccccc1Cn1cc(Br)c([N+](=O)[O-])n1. The number of nitrogens with zero attached hydrogens (tertiary/aromatic N) is 3. The number of aromatic nitrogens is 2. The second kappa shape index (κ2) is 5.83. The fourth-order valence-electron chi connectivity index (χ4n) is 1.81. The van der Waals surface area contributed by atoms with E-state index in [1.54, 1.807) is 24.3 Å². The lowest BCUT2D eigenvalue weighted by Gasteiger charge is -2.05. The van der Waals surface area contributed by atoms with Gasteiger partial charge in [0.15, 0.2) is 0 Å². The highest BCUT2D eigenvalue weighted by molar-refractivity contribution is 9.10. The Morgan fingerprint density at radius 3 is 2.60 bits per heavy atom. The molecule has 2 rings (SSSR count). The lowest BCUT2D eigenvalue weighted by atomic mass is 10.0. The third-order valence-electron chi connectivity index (χ3n) is 2.66. The van der Waals surface area contributed by atoms with Crippen LogP contribution in [0.15, 0.2) is 34.9 Å². The first-order valence-electron chi connectivity index (χ1n) is 5.63. The van der Waals surface area contributed by atoms with Crippen molar-refractivity contribution in [3.05, 3.63) is 56.2 Å². The average molecular weight is 340 g/mol. The molecule has 104 valence electrons. The number of hydrogen-bond donors (Lipinski definition) is 1. The van der Waals surface area contributed by atoms with Gasteiger partial charge in [0.2, 0.25) is 0 Å². The summed E-state index contributed by atoms with van der Waals surface area (Å²) in [6.07, 6.45) is 1.40. The van der Waals surface area contributed by atoms with Crippen LogP contribution in [0.3, 0.4) is 0 Å². The second-order valence-corrected chi connectivity index (χ2v) is 4.95. The molecule has 0 amide bonds. The van der Waals surface area contributed by atoms with Crippen LogP contribution in [0, 0.1) is 10.1 Å². The van der Waals surface area contributed by atoms with Crippen molar-refractivity contribution in [3.63, 3.8) is 0 Å². The molecule has 0 fully saturated rings. The van der Waals surface area contributed by atoms with E-state index in [4.69, 9.17) is 5.11 Å². The van der Waals surface area contributed by atoms with Crippen LogP contribution in [0.2, 0.25) is 0 Å². The van der Waals surface area contributed by atoms with E-state index >= 15 is 0 Å². The minimum atomic E-state index is -0.926. The van der Waals surface area contributed by atoms with Crippen LogP contribution in [0.25, 0.3) is 0 Å². The third kappa shape index (κ3) is 3.21. The van der Waals surface area contributed by atoms with Gasteiger partial charge in [0.1, 0.15) is 4.47 Å². The maximum absolute atomic E-state index is 10.8. The zero-order valence-corrected chi connectivity index (χ0v) is 11.8. The number of hydrogen-bond acceptors (Lipinski definition) is 4. The van der Waals surface area contributed by atoms with Crippen LogP contribution in [-0.2, 0) is 17.8 Å². The van der Waals surface area contributed by atoms with Gasteiger partial charge >= 0.3 is 11.8 Å². The molecule has 0 bridgehead atoms. The van der Waals surface area contributed by atoms with E-state index in [9.17, 15) is 14.9 Å². The quantitative estimate of drug-likeness (QED) is 0.665. The summed E-state index contributed by atoms with van der Waals surface area (Å²) in [5.41, 5.74) is 1.43. The van der Waals surface area contributed by atoms with Crippen LogP contribution in [-0.4, -0.2) is 25.8 Å². The molecule has 0 saturated carbocycles. The van der Waals surface area contributed by atoms with Crippen molar-refractivity contribution < 1.29 is 14.8 Å². The smallest absolute Gasteiger partial charge is 0.404 e. The van der Waals surface area contributed by atoms with E-state index in [-0.39, 0.29) is 18.8 Å². The van der Waals surface area contributed by atoms with Crippen molar-refractivity contribution in [2.45, 2.75) is 13.0 Å². The lowest BCUT2D eigenvalue weighted by molar-refractivity contribution is -0.390. The number of halogens is 1. The molecule has 1 heterocycles. The molecule has 1 N–H and O–H groups in total. The van der Waals surface area contributed by atoms with Gasteiger partial charge in [-0.1, -0.05) is 24.3 Å². The molecule has 0 spiro atoms. The normalized spacial score (nSPS) is 10.4. The molecule has 0 saturated heterocycles. The van der Waals surface area contributed by atoms with Gasteiger partial charge in [-0.05, 0) is 32.0 Å². The molecule has 1 aromatic heterocycles. The minimum Gasteiger partial charge on any atom is -0.481 e. The molecule has 20 heavy (non-hydrogen) atoms. The zero-order valence-electron chi connectivity index (χ0n) is 10.2. The molecular formula is C12H10BrN3O4. The number of benzene rings is 1. The molecular weight excluding hydrogens is 330 g/mol. The van der Waals surface area contributed by atoms with Gasteiger partial charge in [0.05, 0.1) is 24.3 Å². The molecule has 7 nitrogen and oxygen atoms in total. The summed E-state index contributed by atoms with van der Waals surface area (Å²) < 4.78 is 1.70. The Labute approximate surface area is 122 Å². The third-order valence-corrected chi connectivity index (χ3v) is 3.22. The number of aliphatic carboxylic acids is 1. The summed E-state index contributed by atoms with van der Waals surface area (Å²) in [7, 11) is 0. The Balaban J connectivity index is 2.28. The first kappa shape index (κ1) is 14.2. The van der Waals surface area contributed by atoms with Crippen molar-refractivity contribution >= 4 is 27.7 Å². The van der Waals surface area contributed by atoms with E-state index in [2.05, 4.69) is 21.0 Å². The van der Waals surface area contributed by atoms with Crippen LogP contribution < -0.4 is 0 Å². The molecule has 0 aliphatic carbocycles. The summed E-state index contributed by atoms with van der Waals surface area (Å²) in [6, 6.07) is 7.03. The van der Waals surface area contributed by atoms with Crippen LogP contribution in [0.4, 0.5) is 5.82 Å². The maximum atomic E-state index is 10.8. The predicted molar refractivity (Wildman–Crippen MR) is 73.5 cm³/mol. The van der Waals surface area contributed by atoms with Crippen molar-refractivity contribution in [3.8, 4) is 0 Å². The lowest BCUT2D eigenvalue weighted by Crippen LogP contribution is -2.07. The Bertz CT molecular complexity index is 668. The van der Waals surface area contributed by atoms with Crippen molar-refractivity contribution in [2.75, 3.05) is 0 Å². The number of carboxylic acid groups (broad SMARTS) is 1. The van der Waals surface area contributed by atoms with Gasteiger partial charge in [-0.2, -0.15) is 4.68 Å². The van der Waals surface area contributed by atoms with E-state index in [1.165, 1.54) is 10.9 Å². The number of rotatable bonds is 5. The first-order valence-corrected chi connectivity index (χ1v) is 6.42. The summed E-state index contributed by atoms with van der Waals surface area (Å²) in [5, 5.41) is 23.4. The molecule has 0 unspecified atom stereocenters. The van der Waals surface area contributed by atoms with Gasteiger partial charge in [-0.15, -0.1) is 0 Å². The second-order valence-electron chi connectivity index (χ2n) is 4.09. The predicted octanol–water partition coefficient (Wildman–Crippen LogP) is 2.23. The fourth-order valence-corrected chi connectivity index (χ4v) is 2.27. The van der Waals surface area contributed by atoms with E-state index in [1.807, 2.05) is 0 Å². The fraction of sp³-hybridized carbons (Fsp3) is 0.167. The molecule has 1 aromatic carbocycles. The van der Waals surface area contributed by atoms with Gasteiger partial charge in [-0.25, -0.2) is 0 Å². The Morgan fingerprint density at radius 2 is 2.05 bits per heavy atom. The summed E-state index contributed by atoms with van der Waals surface area (Å²) in [5.74, 6) is -1.19. The Kier molecular flexibility index (Phi) is 4.14. The Hall–Kier alpha value is -2.22. The van der Waals surface area contributed by atoms with Gasteiger partial charge < -0.3 is 15.2 Å². The number of carboxylic acids is 1. The first-order chi connectivity index (χ1) is 9.47. The minimum absolute atomic E-state index is 0.0965. The topological polar surface area (TPSA) is 98.3 Å². The molecule has 2 aromatic rings. The summed E-state index contributed by atoms with van der Waals surface area (Å²) in [4.78, 5) is 20.9. The highest BCUT2D eigenvalue weighted by Crippen LogP contribution is 2.23. The average Bonchev–Trinajstić information content (AvgIpc) is 2.72. The molecule has 0 radical (unpaired) electrons. The maximum Gasteiger partial charge on any atom is 0.404 e. The Morgan fingerprint density at radius 1 is 1.40 bits per heavy atom. The number of nitro groups is 1. The standard InChI is InChI=1S/C12H10BrN3O4/c13-10-7-15(14-12(10)16(19)20)6-9-4-2-1-3-8(9)5-11(17)18/h1-4,7H,5-6H2,(H,17,18). The van der Waals surface area contributed by atoms with E-state index < -0.39 is 10.9 Å². The zero-order chi connectivity index (χ0) is 14.7. The van der Waals surface area contributed by atoms with Crippen molar-refractivity contribution in [2.24, 2.45) is 0 Å². The molecule has 0 aliphatic rings. The highest BCUT2D eigenvalue weighted by atomic mass is 79.9. The van der Waals surface area contributed by atoms with E-state index in [0.29, 0.717) is 10.0 Å². The molecule has 0 atom stereocenters. The van der Waals surface area contributed by atoms with Gasteiger partial charge in [-0.3, -0.25) is 4.79 Å². The number of carbonyl (C=O) groups is 1. The highest BCUT2D eigenvalue weighted by Gasteiger charge is 2.19. The van der Waals surface area contributed by atoms with Crippen LogP contribution in [0.1, 0.15) is 11.1 Å². The van der Waals surface area contributed by atoms with Crippen LogP contribution >= 0.6 is 15.9 Å². The van der Waals surface area contributed by atoms with Gasteiger partial charge in [0, 0.05) is 0 Å². The van der Waals surface area contributed by atoms with Crippen LogP contribution in [0.5, 0.6) is 0 Å². The van der Waals surface area contributed by atoms with Crippen molar-refractivity contribution in [1.82, 2.24) is 9.78 Å². The van der Waals surface area contributed by atoms with E-state index in [0.717, 1.165) is 5.56 Å². The molecule has 8 heteroatoms. The summed E-state index contributed by atoms with van der Waals surface area (Å²) >= 11 is 3.07. The van der Waals surface area contributed by atoms with Crippen molar-refractivity contribution in [1.29, 1.82) is 0 Å². The van der Waals surface area contributed by atoms with Gasteiger partial charge in [0.25, 0.3) is 0 Å². The summed E-state index contributed by atoms with van der Waals surface area (Å²) in [6.45, 7) is 0.274. The molecule has 0 aliphatic heterocycles.